The fourth-order valence-corrected chi connectivity index (χ4v) is 6.90. The molecule has 3 aliphatic rings. The Bertz CT molecular complexity index is 817. The summed E-state index contributed by atoms with van der Waals surface area (Å²) in [5, 5.41) is 2.28. The molecule has 1 amide bonds. The lowest BCUT2D eigenvalue weighted by atomic mass is 10.0. The van der Waals surface area contributed by atoms with Crippen molar-refractivity contribution in [2.45, 2.75) is 50.1 Å². The molecule has 1 saturated carbocycles. The first-order chi connectivity index (χ1) is 13.4. The Kier molecular flexibility index (Phi) is 5.76. The maximum atomic E-state index is 13.1. The highest BCUT2D eigenvalue weighted by molar-refractivity contribution is 7.89. The maximum Gasteiger partial charge on any atom is 0.273 e. The van der Waals surface area contributed by atoms with Gasteiger partial charge < -0.3 is 14.4 Å². The minimum absolute atomic E-state index is 0.131. The topological polar surface area (TPSA) is 89.0 Å². The van der Waals surface area contributed by atoms with Crippen molar-refractivity contribution in [3.8, 4) is 0 Å². The van der Waals surface area contributed by atoms with Crippen LogP contribution in [-0.4, -0.2) is 78.9 Å². The zero-order chi connectivity index (χ0) is 19.8. The van der Waals surface area contributed by atoms with Gasteiger partial charge in [-0.2, -0.15) is 4.31 Å². The Morgan fingerprint density at radius 2 is 1.89 bits per heavy atom. The molecule has 0 bridgehead atoms. The zero-order valence-corrected chi connectivity index (χ0v) is 17.8. The second-order valence-electron chi connectivity index (χ2n) is 7.72. The summed E-state index contributed by atoms with van der Waals surface area (Å²) >= 11 is 1.43. The molecule has 1 aromatic heterocycles. The number of aromatic nitrogens is 1. The molecule has 0 radical (unpaired) electrons. The summed E-state index contributed by atoms with van der Waals surface area (Å²) in [5.41, 5.74) is 0.419. The SMILES string of the molecule is Cc1nc(C(=O)N2CCOC3(C2)CN(S(=O)(=O)C2CCCCC2)CCO3)cs1. The van der Waals surface area contributed by atoms with Gasteiger partial charge in [0.2, 0.25) is 10.0 Å². The number of hydrogen-bond donors (Lipinski definition) is 0. The molecule has 10 heteroatoms. The van der Waals surface area contributed by atoms with Gasteiger partial charge in [-0.3, -0.25) is 4.79 Å². The number of amides is 1. The highest BCUT2D eigenvalue weighted by Crippen LogP contribution is 2.31. The first-order valence-electron chi connectivity index (χ1n) is 9.88. The van der Waals surface area contributed by atoms with Crippen LogP contribution < -0.4 is 0 Å². The highest BCUT2D eigenvalue weighted by Gasteiger charge is 2.47. The minimum Gasteiger partial charge on any atom is -0.346 e. The van der Waals surface area contributed by atoms with E-state index < -0.39 is 15.8 Å². The van der Waals surface area contributed by atoms with Gasteiger partial charge >= 0.3 is 0 Å². The summed E-state index contributed by atoms with van der Waals surface area (Å²) in [6.45, 7) is 3.56. The molecule has 3 fully saturated rings. The maximum absolute atomic E-state index is 13.1. The Hall–Kier alpha value is -1.07. The van der Waals surface area contributed by atoms with Gasteiger partial charge in [0.05, 0.1) is 36.6 Å². The molecule has 3 heterocycles. The van der Waals surface area contributed by atoms with Gasteiger partial charge in [0, 0.05) is 18.5 Å². The normalized spacial score (nSPS) is 28.0. The molecule has 1 atom stereocenters. The summed E-state index contributed by atoms with van der Waals surface area (Å²) in [6, 6.07) is 0. The molecular formula is C18H27N3O5S2. The lowest BCUT2D eigenvalue weighted by Crippen LogP contribution is -2.64. The number of carbonyl (C=O) groups is 1. The van der Waals surface area contributed by atoms with Gasteiger partial charge in [0.25, 0.3) is 5.91 Å². The Balaban J connectivity index is 1.48. The number of rotatable bonds is 3. The summed E-state index contributed by atoms with van der Waals surface area (Å²) in [5.74, 6) is -1.26. The molecule has 8 nitrogen and oxygen atoms in total. The third-order valence-electron chi connectivity index (χ3n) is 5.74. The smallest absolute Gasteiger partial charge is 0.273 e. The molecular weight excluding hydrogens is 402 g/mol. The molecule has 2 saturated heterocycles. The van der Waals surface area contributed by atoms with E-state index in [0.29, 0.717) is 25.4 Å². The number of sulfonamides is 1. The van der Waals surface area contributed by atoms with E-state index in [1.807, 2.05) is 6.92 Å². The first kappa shape index (κ1) is 20.2. The minimum atomic E-state index is -3.39. The van der Waals surface area contributed by atoms with Crippen molar-refractivity contribution in [1.29, 1.82) is 0 Å². The molecule has 28 heavy (non-hydrogen) atoms. The molecule has 1 spiro atoms. The summed E-state index contributed by atoms with van der Waals surface area (Å²) < 4.78 is 39.6. The second kappa shape index (κ2) is 7.98. The van der Waals surface area contributed by atoms with Crippen molar-refractivity contribution in [3.05, 3.63) is 16.1 Å². The molecule has 4 rings (SSSR count). The van der Waals surface area contributed by atoms with Gasteiger partial charge in [-0.25, -0.2) is 13.4 Å². The second-order valence-corrected chi connectivity index (χ2v) is 11.0. The zero-order valence-electron chi connectivity index (χ0n) is 16.1. The number of aryl methyl sites for hydroxylation is 1. The van der Waals surface area contributed by atoms with E-state index >= 15 is 0 Å². The average Bonchev–Trinajstić information content (AvgIpc) is 3.14. The van der Waals surface area contributed by atoms with Crippen molar-refractivity contribution in [1.82, 2.24) is 14.2 Å². The van der Waals surface area contributed by atoms with Crippen molar-refractivity contribution in [2.24, 2.45) is 0 Å². The number of ether oxygens (including phenoxy) is 2. The number of nitrogens with zero attached hydrogens (tertiary/aromatic N) is 3. The van der Waals surface area contributed by atoms with E-state index in [-0.39, 0.29) is 30.9 Å². The van der Waals surface area contributed by atoms with Crippen LogP contribution >= 0.6 is 11.3 Å². The Morgan fingerprint density at radius 3 is 2.57 bits per heavy atom. The largest absolute Gasteiger partial charge is 0.346 e. The predicted molar refractivity (Wildman–Crippen MR) is 105 cm³/mol. The van der Waals surface area contributed by atoms with Crippen LogP contribution in [0.2, 0.25) is 0 Å². The van der Waals surface area contributed by atoms with Crippen molar-refractivity contribution in [3.63, 3.8) is 0 Å². The molecule has 2 aliphatic heterocycles. The van der Waals surface area contributed by atoms with Crippen LogP contribution in [0.25, 0.3) is 0 Å². The van der Waals surface area contributed by atoms with E-state index in [2.05, 4.69) is 4.98 Å². The summed E-state index contributed by atoms with van der Waals surface area (Å²) in [4.78, 5) is 18.7. The first-order valence-corrected chi connectivity index (χ1v) is 12.3. The predicted octanol–water partition coefficient (Wildman–Crippen LogP) is 1.61. The lowest BCUT2D eigenvalue weighted by Gasteiger charge is -2.47. The molecule has 0 aromatic carbocycles. The van der Waals surface area contributed by atoms with Crippen LogP contribution in [0.4, 0.5) is 0 Å². The van der Waals surface area contributed by atoms with Crippen LogP contribution in [0.3, 0.4) is 0 Å². The van der Waals surface area contributed by atoms with E-state index in [1.165, 1.54) is 15.6 Å². The van der Waals surface area contributed by atoms with Crippen molar-refractivity contribution in [2.75, 3.05) is 39.4 Å². The van der Waals surface area contributed by atoms with Gasteiger partial charge in [-0.15, -0.1) is 11.3 Å². The van der Waals surface area contributed by atoms with Gasteiger partial charge in [0.15, 0.2) is 5.79 Å². The number of thiazole rings is 1. The van der Waals surface area contributed by atoms with Gasteiger partial charge in [0.1, 0.15) is 5.69 Å². The fourth-order valence-electron chi connectivity index (χ4n) is 4.26. The van der Waals surface area contributed by atoms with Gasteiger partial charge in [-0.05, 0) is 19.8 Å². The van der Waals surface area contributed by atoms with E-state index in [4.69, 9.17) is 9.47 Å². The number of morpholine rings is 2. The van der Waals surface area contributed by atoms with E-state index in [1.54, 1.807) is 10.3 Å². The Labute approximate surface area is 169 Å². The Morgan fingerprint density at radius 1 is 1.18 bits per heavy atom. The third-order valence-corrected chi connectivity index (χ3v) is 8.86. The monoisotopic (exact) mass is 429 g/mol. The third kappa shape index (κ3) is 3.97. The van der Waals surface area contributed by atoms with Crippen LogP contribution in [-0.2, 0) is 19.5 Å². The quantitative estimate of drug-likeness (QED) is 0.725. The highest BCUT2D eigenvalue weighted by atomic mass is 32.2. The van der Waals surface area contributed by atoms with E-state index in [9.17, 15) is 13.2 Å². The van der Waals surface area contributed by atoms with Crippen LogP contribution in [0.5, 0.6) is 0 Å². The van der Waals surface area contributed by atoms with Crippen LogP contribution in [0.1, 0.15) is 47.6 Å². The fraction of sp³-hybridized carbons (Fsp3) is 0.778. The van der Waals surface area contributed by atoms with Crippen molar-refractivity contribution >= 4 is 27.3 Å². The molecule has 1 unspecified atom stereocenters. The lowest BCUT2D eigenvalue weighted by molar-refractivity contribution is -0.279. The number of hydrogen-bond acceptors (Lipinski definition) is 7. The molecule has 156 valence electrons. The van der Waals surface area contributed by atoms with Crippen molar-refractivity contribution < 1.29 is 22.7 Å². The van der Waals surface area contributed by atoms with Crippen LogP contribution in [0.15, 0.2) is 5.38 Å². The number of carbonyl (C=O) groups excluding carboxylic acids is 1. The van der Waals surface area contributed by atoms with Gasteiger partial charge in [-0.1, -0.05) is 19.3 Å². The summed E-state index contributed by atoms with van der Waals surface area (Å²) in [6.07, 6.45) is 4.48. The molecule has 1 aliphatic carbocycles. The average molecular weight is 430 g/mol. The van der Waals surface area contributed by atoms with Crippen LogP contribution in [0, 0.1) is 6.92 Å². The summed E-state index contributed by atoms with van der Waals surface area (Å²) in [7, 11) is -3.39. The molecule has 1 aromatic rings. The standard InChI is InChI=1S/C18H27N3O5S2/c1-14-19-16(11-27-14)17(22)20-7-9-25-18(12-20)13-21(8-10-26-18)28(23,24)15-5-3-2-4-6-15/h11,15H,2-10,12-13H2,1H3. The molecule has 0 N–H and O–H groups in total. The van der Waals surface area contributed by atoms with E-state index in [0.717, 1.165) is 37.1 Å².